The van der Waals surface area contributed by atoms with E-state index < -0.39 is 133 Å². The lowest BCUT2D eigenvalue weighted by Crippen LogP contribution is -2.60. The van der Waals surface area contributed by atoms with E-state index in [2.05, 4.69) is 42.2 Å². The van der Waals surface area contributed by atoms with Gasteiger partial charge < -0.3 is 86.9 Å². The summed E-state index contributed by atoms with van der Waals surface area (Å²) >= 11 is 0. The number of amides is 9. The largest absolute Gasteiger partial charge is 0.508 e. The van der Waals surface area contributed by atoms with Gasteiger partial charge in [-0.05, 0) is 69.2 Å². The number of rotatable bonds is 31. The van der Waals surface area contributed by atoms with Crippen molar-refractivity contribution in [1.82, 2.24) is 37.2 Å². The van der Waals surface area contributed by atoms with Crippen LogP contribution in [-0.4, -0.2) is 148 Å². The first-order valence-corrected chi connectivity index (χ1v) is 21.2. The predicted molar refractivity (Wildman–Crippen MR) is 239 cm³/mol. The molecule has 0 fully saturated rings. The van der Waals surface area contributed by atoms with E-state index in [0.717, 1.165) is 6.92 Å². The van der Waals surface area contributed by atoms with E-state index in [4.69, 9.17) is 34.4 Å². The van der Waals surface area contributed by atoms with Crippen molar-refractivity contribution in [1.29, 1.82) is 0 Å². The number of aliphatic imine (C=N–C) groups is 1. The number of nitrogens with two attached hydrogens (primary N) is 6. The minimum atomic E-state index is -1.75. The van der Waals surface area contributed by atoms with Crippen LogP contribution in [0.5, 0.6) is 5.75 Å². The molecule has 0 aliphatic carbocycles. The Hall–Kier alpha value is -7.13. The predicted octanol–water partition coefficient (Wildman–Crippen LogP) is -6.66. The molecule has 0 saturated carbocycles. The number of carboxylic acids is 1. The number of carboxylic acid groups (broad SMARTS) is 1. The van der Waals surface area contributed by atoms with Crippen molar-refractivity contribution in [2.24, 2.45) is 45.3 Å². The number of phenols is 1. The van der Waals surface area contributed by atoms with Gasteiger partial charge in [0.15, 0.2) is 12.0 Å². The molecular weight excluding hydrogens is 885 g/mol. The van der Waals surface area contributed by atoms with Crippen molar-refractivity contribution in [3.05, 3.63) is 29.8 Å². The fourth-order valence-electron chi connectivity index (χ4n) is 6.09. The Morgan fingerprint density at radius 1 is 0.627 bits per heavy atom. The second-order valence-electron chi connectivity index (χ2n) is 15.9. The van der Waals surface area contributed by atoms with Crippen molar-refractivity contribution >= 4 is 65.1 Å². The SMILES string of the molecule is CC(C)[C@H](NC(=O)[C@H](CCCCN)NC(=O)[C@H](CC(N)=O)NC(=O)[C@@H](N)CCCN=C(N)N)C(=O)N[C@@H](CC(N)=O)C(=O)NCC(=O)N[C@@H](Cc1ccc(O)cc1)C(=O)N[C@H](C(=O)O)[C@@H](C)O. The number of aliphatic hydroxyl groups is 1. The number of benzene rings is 1. The number of hydrogen-bond acceptors (Lipinski definition) is 15. The number of nitrogens with one attached hydrogen (secondary N) is 7. The lowest BCUT2D eigenvalue weighted by Gasteiger charge is -2.28. The average molecular weight is 951 g/mol. The normalized spacial score (nSPS) is 14.5. The summed E-state index contributed by atoms with van der Waals surface area (Å²) in [6, 6.07) is -5.00. The Kier molecular flexibility index (Phi) is 25.4. The van der Waals surface area contributed by atoms with Gasteiger partial charge in [-0.15, -0.1) is 0 Å². The fourth-order valence-corrected chi connectivity index (χ4v) is 6.09. The number of unbranched alkanes of at least 4 members (excludes halogenated alkanes) is 1. The van der Waals surface area contributed by atoms with E-state index in [1.165, 1.54) is 38.1 Å². The molecule has 1 aromatic rings. The number of aromatic hydroxyl groups is 1. The van der Waals surface area contributed by atoms with E-state index in [1.54, 1.807) is 0 Å². The minimum absolute atomic E-state index is 0.0321. The Morgan fingerprint density at radius 3 is 1.67 bits per heavy atom. The number of phenolic OH excluding ortho intramolecular Hbond substituents is 1. The minimum Gasteiger partial charge on any atom is -0.508 e. The van der Waals surface area contributed by atoms with Crippen molar-refractivity contribution in [3.8, 4) is 5.75 Å². The van der Waals surface area contributed by atoms with Crippen LogP contribution in [0.25, 0.3) is 0 Å². The monoisotopic (exact) mass is 950 g/mol. The third kappa shape index (κ3) is 22.6. The molecule has 0 bridgehead atoms. The smallest absolute Gasteiger partial charge is 0.328 e. The molecule has 0 aliphatic rings. The summed E-state index contributed by atoms with van der Waals surface area (Å²) in [6.45, 7) is 3.73. The highest BCUT2D eigenvalue weighted by Crippen LogP contribution is 2.13. The molecule has 1 rings (SSSR count). The Bertz CT molecular complexity index is 1910. The average Bonchev–Trinajstić information content (AvgIpc) is 3.23. The molecule has 0 radical (unpaired) electrons. The van der Waals surface area contributed by atoms with Gasteiger partial charge in [0.05, 0.1) is 31.5 Å². The lowest BCUT2D eigenvalue weighted by atomic mass is 10.0. The summed E-state index contributed by atoms with van der Waals surface area (Å²) in [4.78, 5) is 133. The number of guanidine groups is 1. The molecule has 8 atom stereocenters. The van der Waals surface area contributed by atoms with Crippen molar-refractivity contribution < 1.29 is 63.3 Å². The number of carbonyl (C=O) groups is 10. The van der Waals surface area contributed by atoms with Crippen LogP contribution in [0, 0.1) is 5.92 Å². The number of carbonyl (C=O) groups excluding carboxylic acids is 9. The quantitative estimate of drug-likeness (QED) is 0.0187. The first-order chi connectivity index (χ1) is 31.4. The molecule has 0 unspecified atom stereocenters. The lowest BCUT2D eigenvalue weighted by molar-refractivity contribution is -0.145. The summed E-state index contributed by atoms with van der Waals surface area (Å²) in [5.74, 6) is -11.4. The van der Waals surface area contributed by atoms with Crippen molar-refractivity contribution in [2.75, 3.05) is 19.6 Å². The van der Waals surface area contributed by atoms with Crippen LogP contribution in [0.2, 0.25) is 0 Å². The highest BCUT2D eigenvalue weighted by atomic mass is 16.4. The first-order valence-electron chi connectivity index (χ1n) is 21.2. The summed E-state index contributed by atoms with van der Waals surface area (Å²) < 4.78 is 0. The number of nitrogens with zero attached hydrogens (tertiary/aromatic N) is 1. The highest BCUT2D eigenvalue weighted by Gasteiger charge is 2.35. The maximum absolute atomic E-state index is 13.8. The van der Waals surface area contributed by atoms with Gasteiger partial charge >= 0.3 is 5.97 Å². The molecule has 0 aliphatic heterocycles. The van der Waals surface area contributed by atoms with Crippen LogP contribution < -0.4 is 71.6 Å². The van der Waals surface area contributed by atoms with Gasteiger partial charge in [-0.2, -0.15) is 0 Å². The number of aliphatic hydroxyl groups excluding tert-OH is 1. The van der Waals surface area contributed by atoms with Gasteiger partial charge in [-0.1, -0.05) is 26.0 Å². The topological polar surface area (TPSA) is 484 Å². The molecule has 27 nitrogen and oxygen atoms in total. The van der Waals surface area contributed by atoms with Gasteiger partial charge in [0, 0.05) is 13.0 Å². The van der Waals surface area contributed by atoms with Crippen LogP contribution in [0.1, 0.15) is 71.3 Å². The van der Waals surface area contributed by atoms with Crippen LogP contribution in [0.15, 0.2) is 29.3 Å². The van der Waals surface area contributed by atoms with Gasteiger partial charge in [0.25, 0.3) is 0 Å². The van der Waals surface area contributed by atoms with Crippen LogP contribution in [-0.2, 0) is 54.4 Å². The van der Waals surface area contributed by atoms with Crippen molar-refractivity contribution in [2.45, 2.75) is 121 Å². The van der Waals surface area contributed by atoms with Crippen LogP contribution in [0.4, 0.5) is 0 Å². The summed E-state index contributed by atoms with van der Waals surface area (Å²) in [6.07, 6.45) is -2.16. The molecule has 0 aromatic heterocycles. The molecule has 0 spiro atoms. The van der Waals surface area contributed by atoms with Gasteiger partial charge in [-0.3, -0.25) is 48.1 Å². The van der Waals surface area contributed by atoms with Gasteiger partial charge in [0.1, 0.15) is 36.0 Å². The van der Waals surface area contributed by atoms with Crippen LogP contribution >= 0.6 is 0 Å². The molecule has 22 N–H and O–H groups in total. The first kappa shape index (κ1) is 57.9. The third-order valence-electron chi connectivity index (χ3n) is 9.71. The molecule has 9 amide bonds. The van der Waals surface area contributed by atoms with Gasteiger partial charge in [0.2, 0.25) is 53.2 Å². The van der Waals surface area contributed by atoms with E-state index in [1.807, 2.05) is 0 Å². The Balaban J connectivity index is 3.22. The maximum Gasteiger partial charge on any atom is 0.328 e. The van der Waals surface area contributed by atoms with E-state index in [-0.39, 0.29) is 44.1 Å². The standard InChI is InChI=1S/C40H66N14O13/c1-19(2)31(53-35(62)24(8-4-5-13-41)50-36(63)27(17-29(44)58)51-33(60)23(42)7-6-14-47-40(45)46)38(65)52-26(16-28(43)57)34(61)48-18-30(59)49-25(15-21-9-11-22(56)12-10-21)37(64)54-32(20(3)55)39(66)67/h9-12,19-20,23-27,31-32,55-56H,4-8,13-18,41-42H2,1-3H3,(H2,43,57)(H2,44,58)(H,48,61)(H,49,59)(H,50,63)(H,51,60)(H,52,65)(H,53,62)(H,54,64)(H,66,67)(H4,45,46,47)/t20-,23+,24+,25+,26+,27+,31+,32+/m1/s1. The van der Waals surface area contributed by atoms with Crippen LogP contribution in [0.3, 0.4) is 0 Å². The molecular formula is C40H66N14O13. The second kappa shape index (κ2) is 29.4. The maximum atomic E-state index is 13.8. The number of hydrogen-bond donors (Lipinski definition) is 16. The molecule has 27 heteroatoms. The number of aliphatic carboxylic acids is 1. The van der Waals surface area contributed by atoms with E-state index in [0.29, 0.717) is 24.8 Å². The second-order valence-corrected chi connectivity index (χ2v) is 15.9. The number of primary amides is 2. The summed E-state index contributed by atoms with van der Waals surface area (Å²) in [5.41, 5.74) is 33.3. The summed E-state index contributed by atoms with van der Waals surface area (Å²) in [5, 5.41) is 45.3. The molecule has 1 aromatic carbocycles. The summed E-state index contributed by atoms with van der Waals surface area (Å²) in [7, 11) is 0. The van der Waals surface area contributed by atoms with E-state index >= 15 is 0 Å². The zero-order chi connectivity index (χ0) is 51.0. The molecule has 374 valence electrons. The van der Waals surface area contributed by atoms with E-state index in [9.17, 15) is 63.3 Å². The Labute approximate surface area is 386 Å². The zero-order valence-electron chi connectivity index (χ0n) is 37.6. The Morgan fingerprint density at radius 2 is 1.15 bits per heavy atom. The molecule has 67 heavy (non-hydrogen) atoms. The van der Waals surface area contributed by atoms with Crippen molar-refractivity contribution in [3.63, 3.8) is 0 Å². The van der Waals surface area contributed by atoms with Gasteiger partial charge in [-0.25, -0.2) is 4.79 Å². The zero-order valence-corrected chi connectivity index (χ0v) is 37.6. The fraction of sp³-hybridized carbons (Fsp3) is 0.575. The molecule has 0 saturated heterocycles. The third-order valence-corrected chi connectivity index (χ3v) is 9.71. The highest BCUT2D eigenvalue weighted by molar-refractivity contribution is 5.99. The molecule has 0 heterocycles.